The molecule has 0 saturated carbocycles. The zero-order valence-electron chi connectivity index (χ0n) is 8.62. The first-order valence-electron chi connectivity index (χ1n) is 4.51. The molecule has 0 aromatic carbocycles. The topological polar surface area (TPSA) is 62.2 Å². The van der Waals surface area contributed by atoms with Crippen molar-refractivity contribution in [2.45, 2.75) is 19.4 Å². The Bertz CT molecular complexity index is 361. The van der Waals surface area contributed by atoms with Crippen LogP contribution in [0.5, 0.6) is 0 Å². The SMILES string of the molecule is CC(C)(O)CNC(=O)c1cccnc1F. The third-order valence-electron chi connectivity index (χ3n) is 1.69. The second kappa shape index (κ2) is 4.35. The fraction of sp³-hybridized carbons (Fsp3) is 0.400. The van der Waals surface area contributed by atoms with E-state index in [0.29, 0.717) is 0 Å². The zero-order chi connectivity index (χ0) is 11.5. The fourth-order valence-corrected chi connectivity index (χ4v) is 0.947. The smallest absolute Gasteiger partial charge is 0.256 e. The molecule has 1 rings (SSSR count). The largest absolute Gasteiger partial charge is 0.389 e. The molecule has 1 aromatic rings. The molecule has 0 aliphatic heterocycles. The van der Waals surface area contributed by atoms with E-state index in [1.807, 2.05) is 0 Å². The number of rotatable bonds is 3. The Morgan fingerprint density at radius 2 is 2.33 bits per heavy atom. The average Bonchev–Trinajstić information content (AvgIpc) is 2.14. The van der Waals surface area contributed by atoms with Crippen LogP contribution in [0.25, 0.3) is 0 Å². The van der Waals surface area contributed by atoms with Gasteiger partial charge in [-0.05, 0) is 26.0 Å². The van der Waals surface area contributed by atoms with E-state index in [4.69, 9.17) is 0 Å². The second-order valence-corrected chi connectivity index (χ2v) is 3.84. The van der Waals surface area contributed by atoms with Crippen molar-refractivity contribution in [2.75, 3.05) is 6.54 Å². The van der Waals surface area contributed by atoms with Crippen LogP contribution in [0.4, 0.5) is 4.39 Å². The summed E-state index contributed by atoms with van der Waals surface area (Å²) >= 11 is 0. The lowest BCUT2D eigenvalue weighted by atomic mass is 10.1. The highest BCUT2D eigenvalue weighted by atomic mass is 19.1. The number of halogens is 1. The van der Waals surface area contributed by atoms with Crippen molar-refractivity contribution in [1.29, 1.82) is 0 Å². The number of amides is 1. The van der Waals surface area contributed by atoms with Crippen LogP contribution in [0.15, 0.2) is 18.3 Å². The molecule has 5 heteroatoms. The van der Waals surface area contributed by atoms with E-state index in [1.54, 1.807) is 13.8 Å². The standard InChI is InChI=1S/C10H13FN2O2/c1-10(2,15)6-13-9(14)7-4-3-5-12-8(7)11/h3-5,15H,6H2,1-2H3,(H,13,14). The Kier molecular flexibility index (Phi) is 3.36. The molecular weight excluding hydrogens is 199 g/mol. The normalized spacial score (nSPS) is 11.2. The van der Waals surface area contributed by atoms with Crippen molar-refractivity contribution < 1.29 is 14.3 Å². The summed E-state index contributed by atoms with van der Waals surface area (Å²) in [6.07, 6.45) is 1.27. The van der Waals surface area contributed by atoms with Gasteiger partial charge in [0.05, 0.1) is 11.2 Å². The maximum absolute atomic E-state index is 13.0. The van der Waals surface area contributed by atoms with Gasteiger partial charge in [0.2, 0.25) is 5.95 Å². The van der Waals surface area contributed by atoms with E-state index in [1.165, 1.54) is 18.3 Å². The minimum Gasteiger partial charge on any atom is -0.389 e. The number of nitrogens with one attached hydrogen (secondary N) is 1. The molecule has 2 N–H and O–H groups in total. The summed E-state index contributed by atoms with van der Waals surface area (Å²) < 4.78 is 13.0. The number of hydrogen-bond acceptors (Lipinski definition) is 3. The molecule has 1 aromatic heterocycles. The van der Waals surface area contributed by atoms with E-state index in [0.717, 1.165) is 0 Å². The maximum Gasteiger partial charge on any atom is 0.256 e. The van der Waals surface area contributed by atoms with Gasteiger partial charge in [0, 0.05) is 12.7 Å². The van der Waals surface area contributed by atoms with Gasteiger partial charge in [0.1, 0.15) is 0 Å². The summed E-state index contributed by atoms with van der Waals surface area (Å²) in [5.74, 6) is -1.39. The van der Waals surface area contributed by atoms with Crippen LogP contribution in [-0.4, -0.2) is 28.1 Å². The first-order chi connectivity index (χ1) is 6.90. The third kappa shape index (κ3) is 3.63. The minimum absolute atomic E-state index is 0.0557. The highest BCUT2D eigenvalue weighted by molar-refractivity contribution is 5.94. The molecule has 0 fully saturated rings. The summed E-state index contributed by atoms with van der Waals surface area (Å²) in [5, 5.41) is 11.8. The second-order valence-electron chi connectivity index (χ2n) is 3.84. The van der Waals surface area contributed by atoms with Crippen LogP contribution in [0.3, 0.4) is 0 Å². The number of aliphatic hydroxyl groups is 1. The van der Waals surface area contributed by atoms with Gasteiger partial charge in [-0.1, -0.05) is 0 Å². The molecule has 0 radical (unpaired) electrons. The molecule has 0 unspecified atom stereocenters. The monoisotopic (exact) mass is 212 g/mol. The molecule has 15 heavy (non-hydrogen) atoms. The fourth-order valence-electron chi connectivity index (χ4n) is 0.947. The zero-order valence-corrected chi connectivity index (χ0v) is 8.62. The van der Waals surface area contributed by atoms with Gasteiger partial charge in [-0.25, -0.2) is 4.98 Å². The molecule has 0 spiro atoms. The number of hydrogen-bond donors (Lipinski definition) is 2. The minimum atomic E-state index is -1.02. The van der Waals surface area contributed by atoms with E-state index in [2.05, 4.69) is 10.3 Å². The summed E-state index contributed by atoms with van der Waals surface area (Å²) in [6.45, 7) is 3.15. The molecule has 4 nitrogen and oxygen atoms in total. The Hall–Kier alpha value is -1.49. The molecule has 1 amide bonds. The van der Waals surface area contributed by atoms with Gasteiger partial charge in [-0.2, -0.15) is 4.39 Å². The lowest BCUT2D eigenvalue weighted by Gasteiger charge is -2.17. The van der Waals surface area contributed by atoms with Gasteiger partial charge in [0.25, 0.3) is 5.91 Å². The van der Waals surface area contributed by atoms with Crippen molar-refractivity contribution in [3.8, 4) is 0 Å². The van der Waals surface area contributed by atoms with Crippen LogP contribution < -0.4 is 5.32 Å². The summed E-state index contributed by atoms with van der Waals surface area (Å²) in [4.78, 5) is 14.8. The molecular formula is C10H13FN2O2. The summed E-state index contributed by atoms with van der Waals surface area (Å²) in [7, 11) is 0. The highest BCUT2D eigenvalue weighted by Crippen LogP contribution is 2.04. The molecule has 82 valence electrons. The Balaban J connectivity index is 2.66. The number of carbonyl (C=O) groups is 1. The Morgan fingerprint density at radius 1 is 1.67 bits per heavy atom. The van der Waals surface area contributed by atoms with Crippen molar-refractivity contribution in [3.63, 3.8) is 0 Å². The van der Waals surface area contributed by atoms with Crippen LogP contribution >= 0.6 is 0 Å². The molecule has 0 bridgehead atoms. The first kappa shape index (κ1) is 11.6. The van der Waals surface area contributed by atoms with Crippen molar-refractivity contribution >= 4 is 5.91 Å². The molecule has 0 atom stereocenters. The molecule has 0 saturated heterocycles. The number of nitrogens with zero attached hydrogens (tertiary/aromatic N) is 1. The number of aromatic nitrogens is 1. The van der Waals surface area contributed by atoms with Crippen LogP contribution in [0.1, 0.15) is 24.2 Å². The van der Waals surface area contributed by atoms with Gasteiger partial charge in [0.15, 0.2) is 0 Å². The quantitative estimate of drug-likeness (QED) is 0.726. The van der Waals surface area contributed by atoms with Gasteiger partial charge in [-0.3, -0.25) is 4.79 Å². The molecule has 1 heterocycles. The predicted octanol–water partition coefficient (Wildman–Crippen LogP) is 0.721. The third-order valence-corrected chi connectivity index (χ3v) is 1.69. The average molecular weight is 212 g/mol. The number of pyridine rings is 1. The van der Waals surface area contributed by atoms with Gasteiger partial charge < -0.3 is 10.4 Å². The lowest BCUT2D eigenvalue weighted by molar-refractivity contribution is 0.0691. The maximum atomic E-state index is 13.0. The van der Waals surface area contributed by atoms with Crippen LogP contribution in [0.2, 0.25) is 0 Å². The highest BCUT2D eigenvalue weighted by Gasteiger charge is 2.16. The lowest BCUT2D eigenvalue weighted by Crippen LogP contribution is -2.38. The van der Waals surface area contributed by atoms with E-state index < -0.39 is 17.5 Å². The van der Waals surface area contributed by atoms with Gasteiger partial charge in [-0.15, -0.1) is 0 Å². The van der Waals surface area contributed by atoms with Crippen molar-refractivity contribution in [2.24, 2.45) is 0 Å². The first-order valence-corrected chi connectivity index (χ1v) is 4.51. The van der Waals surface area contributed by atoms with Crippen LogP contribution in [0, 0.1) is 5.95 Å². The molecule has 0 aliphatic carbocycles. The van der Waals surface area contributed by atoms with Crippen LogP contribution in [-0.2, 0) is 0 Å². The predicted molar refractivity (Wildman–Crippen MR) is 52.8 cm³/mol. The van der Waals surface area contributed by atoms with Crippen molar-refractivity contribution in [1.82, 2.24) is 10.3 Å². The molecule has 0 aliphatic rings. The number of carbonyl (C=O) groups excluding carboxylic acids is 1. The summed E-state index contributed by atoms with van der Waals surface area (Å²) in [6, 6.07) is 2.81. The van der Waals surface area contributed by atoms with Gasteiger partial charge >= 0.3 is 0 Å². The summed E-state index contributed by atoms with van der Waals surface area (Å²) in [5.41, 5.74) is -1.14. The Labute approximate surface area is 87.1 Å². The Morgan fingerprint density at radius 3 is 2.87 bits per heavy atom. The van der Waals surface area contributed by atoms with Crippen molar-refractivity contribution in [3.05, 3.63) is 29.8 Å². The van der Waals surface area contributed by atoms with E-state index in [9.17, 15) is 14.3 Å². The van der Waals surface area contributed by atoms with E-state index in [-0.39, 0.29) is 12.1 Å². The van der Waals surface area contributed by atoms with E-state index >= 15 is 0 Å².